The lowest BCUT2D eigenvalue weighted by molar-refractivity contribution is 0.169. The van der Waals surface area contributed by atoms with Gasteiger partial charge in [0.25, 0.3) is 5.56 Å². The summed E-state index contributed by atoms with van der Waals surface area (Å²) in [5.74, 6) is 1.43. The zero-order valence-electron chi connectivity index (χ0n) is 15.8. The molecular weight excluding hydrogens is 394 g/mol. The summed E-state index contributed by atoms with van der Waals surface area (Å²) in [5, 5.41) is 4.08. The Morgan fingerprint density at radius 2 is 2.23 bits per heavy atom. The number of hydrogen-bond donors (Lipinski definition) is 1. The van der Waals surface area contributed by atoms with Gasteiger partial charge in [0.05, 0.1) is 11.4 Å². The molecule has 2 atom stereocenters. The zero-order chi connectivity index (χ0) is 18.7. The molecular formula is C19H28BrN5O. The van der Waals surface area contributed by atoms with Crippen LogP contribution in [0.5, 0.6) is 0 Å². The van der Waals surface area contributed by atoms with Crippen LogP contribution in [0, 0.1) is 5.92 Å². The highest BCUT2D eigenvalue weighted by Crippen LogP contribution is 2.26. The summed E-state index contributed by atoms with van der Waals surface area (Å²) in [5.41, 5.74) is 0.545. The second kappa shape index (κ2) is 8.59. The van der Waals surface area contributed by atoms with E-state index in [0.29, 0.717) is 23.5 Å². The molecule has 1 aliphatic heterocycles. The number of nitrogens with one attached hydrogen (secondary N) is 1. The maximum Gasteiger partial charge on any atom is 0.263 e. The van der Waals surface area contributed by atoms with Crippen LogP contribution in [0.3, 0.4) is 0 Å². The van der Waals surface area contributed by atoms with Crippen molar-refractivity contribution in [3.05, 3.63) is 32.9 Å². The summed E-state index contributed by atoms with van der Waals surface area (Å²) in [6.07, 6.45) is 3.75. The number of pyridine rings is 1. The molecule has 1 N–H and O–H groups in total. The molecule has 0 amide bonds. The average Bonchev–Trinajstić information content (AvgIpc) is 2.84. The average molecular weight is 422 g/mol. The Labute approximate surface area is 163 Å². The van der Waals surface area contributed by atoms with E-state index in [1.807, 2.05) is 17.6 Å². The highest BCUT2D eigenvalue weighted by molar-refractivity contribution is 9.10. The van der Waals surface area contributed by atoms with Crippen molar-refractivity contribution in [3.63, 3.8) is 0 Å². The largest absolute Gasteiger partial charge is 0.315 e. The van der Waals surface area contributed by atoms with E-state index in [1.165, 1.54) is 0 Å². The van der Waals surface area contributed by atoms with Crippen LogP contribution < -0.4 is 10.9 Å². The smallest absolute Gasteiger partial charge is 0.263 e. The van der Waals surface area contributed by atoms with Crippen molar-refractivity contribution < 1.29 is 0 Å². The molecule has 142 valence electrons. The van der Waals surface area contributed by atoms with Gasteiger partial charge in [-0.2, -0.15) is 0 Å². The molecule has 6 nitrogen and oxygen atoms in total. The number of rotatable bonds is 5. The van der Waals surface area contributed by atoms with E-state index in [1.54, 1.807) is 6.20 Å². The maximum atomic E-state index is 13.1. The molecule has 1 fully saturated rings. The van der Waals surface area contributed by atoms with Crippen LogP contribution in [0.1, 0.15) is 45.5 Å². The highest BCUT2D eigenvalue weighted by Gasteiger charge is 2.27. The van der Waals surface area contributed by atoms with Gasteiger partial charge >= 0.3 is 0 Å². The molecule has 0 saturated carbocycles. The van der Waals surface area contributed by atoms with Crippen molar-refractivity contribution in [2.24, 2.45) is 5.92 Å². The molecule has 0 bridgehead atoms. The first kappa shape index (κ1) is 19.5. The van der Waals surface area contributed by atoms with Crippen molar-refractivity contribution in [1.29, 1.82) is 0 Å². The number of hydrogen-bond acceptors (Lipinski definition) is 5. The Bertz CT molecular complexity index is 821. The van der Waals surface area contributed by atoms with Crippen LogP contribution in [0.4, 0.5) is 0 Å². The Balaban J connectivity index is 2.12. The molecule has 1 saturated heterocycles. The fourth-order valence-corrected chi connectivity index (χ4v) is 4.15. The van der Waals surface area contributed by atoms with Gasteiger partial charge in [0.2, 0.25) is 0 Å². The Morgan fingerprint density at radius 3 is 2.96 bits per heavy atom. The SMILES string of the molecule is CCCC(c1nc2ncc(Br)cc2c(=O)n1CC)N1CCNC[C@H](C)C1. The minimum atomic E-state index is 0.00315. The first-order valence-electron chi connectivity index (χ1n) is 9.55. The van der Waals surface area contributed by atoms with E-state index in [-0.39, 0.29) is 11.6 Å². The number of halogens is 1. The van der Waals surface area contributed by atoms with Crippen molar-refractivity contribution >= 4 is 27.0 Å². The van der Waals surface area contributed by atoms with Gasteiger partial charge in [-0.1, -0.05) is 20.3 Å². The highest BCUT2D eigenvalue weighted by atomic mass is 79.9. The van der Waals surface area contributed by atoms with Crippen molar-refractivity contribution in [1.82, 2.24) is 24.8 Å². The lowest BCUT2D eigenvalue weighted by atomic mass is 10.1. The third-order valence-corrected chi connectivity index (χ3v) is 5.47. The minimum Gasteiger partial charge on any atom is -0.315 e. The third-order valence-electron chi connectivity index (χ3n) is 5.04. The maximum absolute atomic E-state index is 13.1. The third kappa shape index (κ3) is 4.00. The topological polar surface area (TPSA) is 63.1 Å². The lowest BCUT2D eigenvalue weighted by Crippen LogP contribution is -2.38. The zero-order valence-corrected chi connectivity index (χ0v) is 17.4. The molecule has 0 radical (unpaired) electrons. The van der Waals surface area contributed by atoms with Gasteiger partial charge in [-0.05, 0) is 47.8 Å². The Morgan fingerprint density at radius 1 is 1.42 bits per heavy atom. The molecule has 0 spiro atoms. The van der Waals surface area contributed by atoms with E-state index in [0.717, 1.165) is 49.3 Å². The van der Waals surface area contributed by atoms with Gasteiger partial charge in [-0.25, -0.2) is 9.97 Å². The predicted molar refractivity (Wildman–Crippen MR) is 108 cm³/mol. The summed E-state index contributed by atoms with van der Waals surface area (Å²) in [4.78, 5) is 24.8. The van der Waals surface area contributed by atoms with E-state index < -0.39 is 0 Å². The molecule has 3 rings (SSSR count). The fraction of sp³-hybridized carbons (Fsp3) is 0.632. The van der Waals surface area contributed by atoms with Gasteiger partial charge in [0, 0.05) is 36.8 Å². The standard InChI is InChI=1S/C19H28BrN5O/c1-4-6-16(24-8-7-21-10-13(3)12-24)18-23-17-15(9-14(20)11-22-17)19(26)25(18)5-2/h9,11,13,16,21H,4-8,10,12H2,1-3H3/t13-,16?/m0/s1. The first-order valence-corrected chi connectivity index (χ1v) is 10.3. The molecule has 1 unspecified atom stereocenters. The summed E-state index contributed by atoms with van der Waals surface area (Å²) in [7, 11) is 0. The monoisotopic (exact) mass is 421 g/mol. The molecule has 3 heterocycles. The van der Waals surface area contributed by atoms with Crippen LogP contribution in [0.15, 0.2) is 21.5 Å². The summed E-state index contributed by atoms with van der Waals surface area (Å²) in [6.45, 7) is 11.1. The van der Waals surface area contributed by atoms with Crippen LogP contribution in [0.25, 0.3) is 11.0 Å². The fourth-order valence-electron chi connectivity index (χ4n) is 3.82. The van der Waals surface area contributed by atoms with Crippen molar-refractivity contribution in [2.45, 2.75) is 46.2 Å². The predicted octanol–water partition coefficient (Wildman–Crippen LogP) is 2.96. The van der Waals surface area contributed by atoms with Gasteiger partial charge in [-0.15, -0.1) is 0 Å². The molecule has 2 aromatic heterocycles. The second-order valence-electron chi connectivity index (χ2n) is 7.15. The molecule has 1 aliphatic rings. The molecule has 26 heavy (non-hydrogen) atoms. The lowest BCUT2D eigenvalue weighted by Gasteiger charge is -2.32. The molecule has 2 aromatic rings. The van der Waals surface area contributed by atoms with Gasteiger partial charge in [0.15, 0.2) is 5.65 Å². The van der Waals surface area contributed by atoms with Crippen LogP contribution >= 0.6 is 15.9 Å². The van der Waals surface area contributed by atoms with Crippen LogP contribution in [0.2, 0.25) is 0 Å². The summed E-state index contributed by atoms with van der Waals surface area (Å²) in [6, 6.07) is 1.96. The van der Waals surface area contributed by atoms with E-state index >= 15 is 0 Å². The Hall–Kier alpha value is -1.31. The molecule has 0 aliphatic carbocycles. The van der Waals surface area contributed by atoms with E-state index in [2.05, 4.69) is 45.0 Å². The Kier molecular flexibility index (Phi) is 6.42. The normalized spacial score (nSPS) is 20.2. The van der Waals surface area contributed by atoms with Crippen LogP contribution in [-0.4, -0.2) is 45.6 Å². The van der Waals surface area contributed by atoms with Crippen molar-refractivity contribution in [2.75, 3.05) is 26.2 Å². The van der Waals surface area contributed by atoms with Gasteiger partial charge < -0.3 is 5.32 Å². The first-order chi connectivity index (χ1) is 12.5. The van der Waals surface area contributed by atoms with Gasteiger partial charge in [0.1, 0.15) is 5.82 Å². The van der Waals surface area contributed by atoms with Gasteiger partial charge in [-0.3, -0.25) is 14.3 Å². The van der Waals surface area contributed by atoms with E-state index in [9.17, 15) is 4.79 Å². The molecule has 7 heteroatoms. The molecule has 0 aromatic carbocycles. The number of aromatic nitrogens is 3. The summed E-state index contributed by atoms with van der Waals surface area (Å²) >= 11 is 3.41. The minimum absolute atomic E-state index is 0.00315. The second-order valence-corrected chi connectivity index (χ2v) is 8.07. The quantitative estimate of drug-likeness (QED) is 0.803. The van der Waals surface area contributed by atoms with Crippen LogP contribution in [-0.2, 0) is 6.54 Å². The number of nitrogens with zero attached hydrogens (tertiary/aromatic N) is 4. The summed E-state index contributed by atoms with van der Waals surface area (Å²) < 4.78 is 2.64. The van der Waals surface area contributed by atoms with E-state index in [4.69, 9.17) is 4.98 Å². The van der Waals surface area contributed by atoms with Crippen molar-refractivity contribution in [3.8, 4) is 0 Å². The number of fused-ring (bicyclic) bond motifs is 1.